The van der Waals surface area contributed by atoms with E-state index in [1.54, 1.807) is 59.9 Å². The first-order valence-electron chi connectivity index (χ1n) is 35.2. The van der Waals surface area contributed by atoms with E-state index in [0.717, 1.165) is 28.4 Å². The summed E-state index contributed by atoms with van der Waals surface area (Å²) < 4.78 is 136. The van der Waals surface area contributed by atoms with Crippen LogP contribution in [0, 0.1) is 29.1 Å². The summed E-state index contributed by atoms with van der Waals surface area (Å²) in [5, 5.41) is 5.45. The van der Waals surface area contributed by atoms with Crippen LogP contribution in [-0.2, 0) is 140 Å². The Balaban J connectivity index is 1.17. The molecule has 4 atom stereocenters. The molecule has 0 aliphatic carbocycles. The molecular formula is C70H114N4O29S. The van der Waals surface area contributed by atoms with Gasteiger partial charge >= 0.3 is 5.97 Å². The number of rotatable bonds is 66. The topological polar surface area (TPSA) is 380 Å². The molecule has 1 aromatic rings. The fraction of sp³-hybridized carbons (Fsp3) is 0.757. The Bertz CT molecular complexity index is 2760. The number of hydrogen-bond acceptors (Lipinski definition) is 28. The number of Topliss-reactive ketones (excluding diaryl/α,β-unsaturated/α-hetero) is 1. The van der Waals surface area contributed by atoms with Crippen molar-refractivity contribution in [3.8, 4) is 11.8 Å². The van der Waals surface area contributed by atoms with Crippen LogP contribution in [0.3, 0.4) is 0 Å². The summed E-state index contributed by atoms with van der Waals surface area (Å²) in [5.74, 6) is -0.476. The highest BCUT2D eigenvalue weighted by Gasteiger charge is 2.47. The van der Waals surface area contributed by atoms with Crippen molar-refractivity contribution in [2.24, 2.45) is 17.3 Å². The van der Waals surface area contributed by atoms with E-state index in [1.807, 2.05) is 0 Å². The van der Waals surface area contributed by atoms with Crippen LogP contribution in [0.1, 0.15) is 71.9 Å². The van der Waals surface area contributed by atoms with Crippen molar-refractivity contribution in [1.29, 1.82) is 0 Å². The monoisotopic (exact) mass is 1510 g/mol. The number of carbonyl (C=O) groups is 7. The summed E-state index contributed by atoms with van der Waals surface area (Å²) in [7, 11) is -2.73. The molecule has 0 unspecified atom stereocenters. The number of nitrogens with one attached hydrogen (secondary N) is 2. The van der Waals surface area contributed by atoms with Gasteiger partial charge in [-0.25, -0.2) is 0 Å². The smallest absolute Gasteiger partial charge is 0.311 e. The van der Waals surface area contributed by atoms with Crippen LogP contribution in [0.2, 0.25) is 0 Å². The molecule has 0 spiro atoms. The Morgan fingerprint density at radius 1 is 0.577 bits per heavy atom. The summed E-state index contributed by atoms with van der Waals surface area (Å²) >= 11 is 0. The van der Waals surface area contributed by atoms with E-state index in [0.29, 0.717) is 202 Å². The average molecular weight is 1510 g/mol. The number of anilines is 1. The van der Waals surface area contributed by atoms with E-state index >= 15 is 0 Å². The largest absolute Gasteiger partial charge is 0.460 e. The number of amides is 5. The van der Waals surface area contributed by atoms with E-state index in [2.05, 4.69) is 22.5 Å². The zero-order valence-corrected chi connectivity index (χ0v) is 62.6. The SMILES string of the molecule is COCCOCCOCCOCCOCCOCCCOCOCCOCCOCCOCCOCCOCCOCCOCCOCCOCC#Cc1cc(NC(=O)[C@H](C)NC(=O)[C@@H](CC(=O)CN2C(=O)[C@@H](N3C(=O)C=CC3=O)C[C@H]2COCCS(=O)(=O)O)C(C)C)ccc1COC(=O)C(C)(C)C. The third-order valence-corrected chi connectivity index (χ3v) is 15.6. The molecule has 3 N–H and O–H groups in total. The molecule has 0 radical (unpaired) electrons. The number of likely N-dealkylation sites (tertiary alicyclic amines) is 1. The lowest BCUT2D eigenvalue weighted by Gasteiger charge is -2.26. The number of hydrogen-bond donors (Lipinski definition) is 3. The second kappa shape index (κ2) is 57.6. The molecule has 33 nitrogen and oxygen atoms in total. The molecule has 1 fully saturated rings. The number of carbonyl (C=O) groups excluding carboxylic acids is 7. The molecule has 2 aliphatic rings. The van der Waals surface area contributed by atoms with Gasteiger partial charge in [0.1, 0.15) is 32.1 Å². The van der Waals surface area contributed by atoms with E-state index < -0.39 is 106 Å². The van der Waals surface area contributed by atoms with Gasteiger partial charge in [0, 0.05) is 61.4 Å². The first-order chi connectivity index (χ1) is 50.1. The maximum atomic E-state index is 13.7. The minimum Gasteiger partial charge on any atom is -0.460 e. The molecule has 0 aromatic heterocycles. The highest BCUT2D eigenvalue weighted by atomic mass is 32.2. The van der Waals surface area contributed by atoms with Crippen molar-refractivity contribution in [3.05, 3.63) is 41.5 Å². The maximum absolute atomic E-state index is 13.7. The molecule has 1 aromatic carbocycles. The molecule has 1 saturated heterocycles. The number of nitrogens with zero attached hydrogens (tertiary/aromatic N) is 2. The van der Waals surface area contributed by atoms with Crippen molar-refractivity contribution < 1.29 is 137 Å². The van der Waals surface area contributed by atoms with Gasteiger partial charge in [0.25, 0.3) is 21.9 Å². The highest BCUT2D eigenvalue weighted by Crippen LogP contribution is 2.28. The summed E-state index contributed by atoms with van der Waals surface area (Å²) in [6.07, 6.45) is 2.33. The minimum atomic E-state index is -4.36. The molecule has 104 heavy (non-hydrogen) atoms. The van der Waals surface area contributed by atoms with Crippen molar-refractivity contribution >= 4 is 57.1 Å². The fourth-order valence-electron chi connectivity index (χ4n) is 9.26. The van der Waals surface area contributed by atoms with Gasteiger partial charge in [0.15, 0.2) is 5.78 Å². The van der Waals surface area contributed by atoms with Gasteiger partial charge in [0.05, 0.1) is 229 Å². The predicted molar refractivity (Wildman–Crippen MR) is 374 cm³/mol. The van der Waals surface area contributed by atoms with Crippen LogP contribution in [0.4, 0.5) is 5.69 Å². The second-order valence-electron chi connectivity index (χ2n) is 24.7. The van der Waals surface area contributed by atoms with E-state index in [1.165, 1.54) is 6.92 Å². The molecule has 0 bridgehead atoms. The standard InChI is InChI=1S/C70H114N4O29S/c1-55(2)62(50-61(75)51-73-60(53-100-46-47-104(82,83)84)49-63(68(73)80)74-64(76)13-14-65(74)77)67(79)71-56(3)66(78)72-59-12-11-58(52-103-69(81)70(4,5)6)57(48-59)10-8-15-86-20-22-89-26-28-92-32-33-94-34-35-95-36-37-96-38-39-97-40-41-98-42-43-99-44-45-102-54-101-17-9-16-87-21-23-90-27-29-93-31-30-91-25-24-88-19-18-85-7/h11-14,48,55-56,60,62-63H,9,15-47,49-54H2,1-7H3,(H,71,79)(H,72,78)(H,82,83,84)/t56-,60-,62-,63-/m0/s1. The maximum Gasteiger partial charge on any atom is 0.311 e. The Morgan fingerprint density at radius 3 is 1.46 bits per heavy atom. The van der Waals surface area contributed by atoms with E-state index in [-0.39, 0.29) is 52.7 Å². The van der Waals surface area contributed by atoms with Gasteiger partial charge < -0.3 is 106 Å². The lowest BCUT2D eigenvalue weighted by molar-refractivity contribution is -0.154. The van der Waals surface area contributed by atoms with Crippen molar-refractivity contribution in [2.45, 2.75) is 85.5 Å². The Labute approximate surface area is 612 Å². The molecule has 0 saturated carbocycles. The fourth-order valence-corrected chi connectivity index (χ4v) is 9.59. The predicted octanol–water partition coefficient (Wildman–Crippen LogP) is 1.86. The van der Waals surface area contributed by atoms with E-state index in [9.17, 15) is 42.0 Å². The molecule has 3 rings (SSSR count). The Kier molecular flexibility index (Phi) is 51.3. The summed E-state index contributed by atoms with van der Waals surface area (Å²) in [6.45, 7) is 22.4. The summed E-state index contributed by atoms with van der Waals surface area (Å²) in [4.78, 5) is 94.2. The molecule has 594 valence electrons. The van der Waals surface area contributed by atoms with Gasteiger partial charge in [-0.15, -0.1) is 0 Å². The number of esters is 1. The van der Waals surface area contributed by atoms with Crippen LogP contribution in [0.5, 0.6) is 0 Å². The molecule has 34 heteroatoms. The lowest BCUT2D eigenvalue weighted by Crippen LogP contribution is -2.48. The zero-order chi connectivity index (χ0) is 75.9. The van der Waals surface area contributed by atoms with Gasteiger partial charge in [-0.3, -0.25) is 43.0 Å². The first-order valence-corrected chi connectivity index (χ1v) is 36.8. The van der Waals surface area contributed by atoms with Crippen molar-refractivity contribution in [1.82, 2.24) is 15.1 Å². The Morgan fingerprint density at radius 2 is 1.01 bits per heavy atom. The van der Waals surface area contributed by atoms with Crippen LogP contribution in [-0.4, -0.2) is 326 Å². The first kappa shape index (κ1) is 92.6. The zero-order valence-electron chi connectivity index (χ0n) is 61.7. The second-order valence-corrected chi connectivity index (χ2v) is 26.3. The number of ketones is 1. The minimum absolute atomic E-state index is 0.0284. The number of imide groups is 1. The highest BCUT2D eigenvalue weighted by molar-refractivity contribution is 7.85. The third kappa shape index (κ3) is 44.5. The van der Waals surface area contributed by atoms with Crippen LogP contribution in [0.25, 0.3) is 0 Å². The Hall–Kier alpha value is -5.60. The average Bonchev–Trinajstić information content (AvgIpc) is 1.63. The number of methoxy groups -OCH3 is 1. The van der Waals surface area contributed by atoms with Gasteiger partial charge in [-0.1, -0.05) is 31.8 Å². The van der Waals surface area contributed by atoms with Crippen LogP contribution < -0.4 is 10.6 Å². The van der Waals surface area contributed by atoms with Gasteiger partial charge in [-0.05, 0) is 52.2 Å². The number of benzene rings is 1. The van der Waals surface area contributed by atoms with Crippen molar-refractivity contribution in [2.75, 3.05) is 250 Å². The molecule has 5 amide bonds. The molecule has 2 heterocycles. The lowest BCUT2D eigenvalue weighted by atomic mass is 9.89. The third-order valence-electron chi connectivity index (χ3n) is 14.9. The number of ether oxygens (including phenoxy) is 19. The van der Waals surface area contributed by atoms with Crippen molar-refractivity contribution in [3.63, 3.8) is 0 Å². The van der Waals surface area contributed by atoms with Gasteiger partial charge in [-0.2, -0.15) is 8.42 Å². The van der Waals surface area contributed by atoms with Gasteiger partial charge in [0.2, 0.25) is 17.7 Å². The molecule has 2 aliphatic heterocycles. The van der Waals surface area contributed by atoms with Crippen LogP contribution in [0.15, 0.2) is 30.4 Å². The summed E-state index contributed by atoms with van der Waals surface area (Å²) in [5.41, 5.74) is 0.543. The van der Waals surface area contributed by atoms with E-state index in [4.69, 9.17) is 94.6 Å². The normalized spacial score (nSPS) is 15.3. The van der Waals surface area contributed by atoms with Crippen LogP contribution >= 0.6 is 0 Å². The summed E-state index contributed by atoms with van der Waals surface area (Å²) in [6, 6.07) is 1.61. The quantitative estimate of drug-likeness (QED) is 0.0209. The molecular weight excluding hydrogens is 1390 g/mol.